The third-order valence-corrected chi connectivity index (χ3v) is 5.52. The van der Waals surface area contributed by atoms with E-state index < -0.39 is 6.04 Å². The van der Waals surface area contributed by atoms with E-state index in [0.29, 0.717) is 17.8 Å². The Bertz CT molecular complexity index is 979. The van der Waals surface area contributed by atoms with Gasteiger partial charge in [-0.3, -0.25) is 14.3 Å². The van der Waals surface area contributed by atoms with E-state index in [1.54, 1.807) is 12.3 Å². The van der Waals surface area contributed by atoms with E-state index in [1.807, 2.05) is 65.3 Å². The SMILES string of the molecule is O=C(N[C@H](Cc1ccccc1)C(=O)Nc1ccccc1)c1ccnn1C1CCCC1. The number of rotatable bonds is 7. The summed E-state index contributed by atoms with van der Waals surface area (Å²) < 4.78 is 1.82. The minimum Gasteiger partial charge on any atom is -0.339 e. The molecule has 6 nitrogen and oxygen atoms in total. The fraction of sp³-hybridized carbons (Fsp3) is 0.292. The predicted octanol–water partition coefficient (Wildman–Crippen LogP) is 3.98. The van der Waals surface area contributed by atoms with Crippen molar-refractivity contribution in [3.8, 4) is 0 Å². The number of amides is 2. The second kappa shape index (κ2) is 9.39. The standard InChI is InChI=1S/C24H26N4O2/c29-23(26-19-11-5-2-6-12-19)21(17-18-9-3-1-4-10-18)27-24(30)22-15-16-25-28(22)20-13-7-8-14-20/h1-6,9-12,15-16,20-21H,7-8,13-14,17H2,(H,26,29)(H,27,30)/t21-/m1/s1. The molecule has 2 N–H and O–H groups in total. The van der Waals surface area contributed by atoms with Crippen LogP contribution >= 0.6 is 0 Å². The van der Waals surface area contributed by atoms with Gasteiger partial charge in [0.25, 0.3) is 5.91 Å². The first-order valence-electron chi connectivity index (χ1n) is 10.4. The van der Waals surface area contributed by atoms with Gasteiger partial charge in [0.05, 0.1) is 6.04 Å². The van der Waals surface area contributed by atoms with Crippen molar-refractivity contribution in [2.45, 2.75) is 44.2 Å². The Morgan fingerprint density at radius 2 is 1.63 bits per heavy atom. The Morgan fingerprint density at radius 3 is 2.33 bits per heavy atom. The third kappa shape index (κ3) is 4.76. The maximum absolute atomic E-state index is 13.1. The van der Waals surface area contributed by atoms with Crippen LogP contribution in [0.15, 0.2) is 72.9 Å². The molecule has 30 heavy (non-hydrogen) atoms. The first kappa shape index (κ1) is 19.9. The Kier molecular flexibility index (Phi) is 6.23. The largest absolute Gasteiger partial charge is 0.339 e. The smallest absolute Gasteiger partial charge is 0.270 e. The van der Waals surface area contributed by atoms with Gasteiger partial charge in [0.1, 0.15) is 11.7 Å². The zero-order chi connectivity index (χ0) is 20.8. The van der Waals surface area contributed by atoms with Gasteiger partial charge in [-0.05, 0) is 36.6 Å². The van der Waals surface area contributed by atoms with Gasteiger partial charge in [0, 0.05) is 18.3 Å². The molecule has 6 heteroatoms. The van der Waals surface area contributed by atoms with Crippen LogP contribution in [0.1, 0.15) is 47.8 Å². The number of aromatic nitrogens is 2. The fourth-order valence-electron chi connectivity index (χ4n) is 3.98. The van der Waals surface area contributed by atoms with E-state index in [1.165, 1.54) is 0 Å². The van der Waals surface area contributed by atoms with Crippen molar-refractivity contribution in [3.05, 3.63) is 84.2 Å². The van der Waals surface area contributed by atoms with E-state index in [2.05, 4.69) is 15.7 Å². The zero-order valence-electron chi connectivity index (χ0n) is 16.8. The summed E-state index contributed by atoms with van der Waals surface area (Å²) in [5.41, 5.74) is 2.19. The number of nitrogens with zero attached hydrogens (tertiary/aromatic N) is 2. The molecule has 154 valence electrons. The molecular formula is C24H26N4O2. The van der Waals surface area contributed by atoms with Gasteiger partial charge < -0.3 is 10.6 Å². The minimum atomic E-state index is -0.702. The molecule has 1 atom stereocenters. The Balaban J connectivity index is 1.52. The number of benzene rings is 2. The Labute approximate surface area is 176 Å². The lowest BCUT2D eigenvalue weighted by Gasteiger charge is -2.20. The summed E-state index contributed by atoms with van der Waals surface area (Å²) in [5.74, 6) is -0.520. The molecule has 1 aromatic heterocycles. The summed E-state index contributed by atoms with van der Waals surface area (Å²) in [6.45, 7) is 0. The molecule has 2 aromatic carbocycles. The van der Waals surface area contributed by atoms with E-state index >= 15 is 0 Å². The van der Waals surface area contributed by atoms with Crippen molar-refractivity contribution < 1.29 is 9.59 Å². The molecular weight excluding hydrogens is 376 g/mol. The molecule has 3 aromatic rings. The quantitative estimate of drug-likeness (QED) is 0.628. The maximum atomic E-state index is 13.1. The van der Waals surface area contributed by atoms with Crippen LogP contribution in [0.5, 0.6) is 0 Å². The normalized spacial score (nSPS) is 14.9. The van der Waals surface area contributed by atoms with Crippen LogP contribution < -0.4 is 10.6 Å². The summed E-state index contributed by atoms with van der Waals surface area (Å²) >= 11 is 0. The lowest BCUT2D eigenvalue weighted by Crippen LogP contribution is -2.45. The number of hydrogen-bond donors (Lipinski definition) is 2. The van der Waals surface area contributed by atoms with Crippen LogP contribution in [-0.2, 0) is 11.2 Å². The molecule has 0 aliphatic heterocycles. The first-order valence-corrected chi connectivity index (χ1v) is 10.4. The van der Waals surface area contributed by atoms with E-state index in [0.717, 1.165) is 31.2 Å². The van der Waals surface area contributed by atoms with Crippen LogP contribution in [0.3, 0.4) is 0 Å². The average Bonchev–Trinajstić information content (AvgIpc) is 3.46. The second-order valence-electron chi connectivity index (χ2n) is 7.67. The van der Waals surface area contributed by atoms with Gasteiger partial charge in [0.2, 0.25) is 5.91 Å². The molecule has 0 bridgehead atoms. The van der Waals surface area contributed by atoms with E-state index in [4.69, 9.17) is 0 Å². The van der Waals surface area contributed by atoms with Crippen molar-refractivity contribution in [3.63, 3.8) is 0 Å². The van der Waals surface area contributed by atoms with Gasteiger partial charge in [-0.25, -0.2) is 0 Å². The van der Waals surface area contributed by atoms with Crippen LogP contribution in [0, 0.1) is 0 Å². The van der Waals surface area contributed by atoms with Gasteiger partial charge >= 0.3 is 0 Å². The first-order chi connectivity index (χ1) is 14.7. The second-order valence-corrected chi connectivity index (χ2v) is 7.67. The predicted molar refractivity (Wildman–Crippen MR) is 116 cm³/mol. The van der Waals surface area contributed by atoms with Crippen LogP contribution in [-0.4, -0.2) is 27.6 Å². The van der Waals surface area contributed by atoms with Gasteiger partial charge in [-0.1, -0.05) is 61.4 Å². The van der Waals surface area contributed by atoms with Gasteiger partial charge in [-0.15, -0.1) is 0 Å². The van der Waals surface area contributed by atoms with Crippen molar-refractivity contribution in [2.75, 3.05) is 5.32 Å². The Morgan fingerprint density at radius 1 is 0.967 bits per heavy atom. The molecule has 1 aliphatic rings. The number of para-hydroxylation sites is 1. The molecule has 0 unspecified atom stereocenters. The molecule has 1 saturated carbocycles. The highest BCUT2D eigenvalue weighted by atomic mass is 16.2. The molecule has 0 saturated heterocycles. The fourth-order valence-corrected chi connectivity index (χ4v) is 3.98. The van der Waals surface area contributed by atoms with Crippen molar-refractivity contribution in [2.24, 2.45) is 0 Å². The summed E-state index contributed by atoms with van der Waals surface area (Å²) in [6.07, 6.45) is 6.43. The van der Waals surface area contributed by atoms with Gasteiger partial charge in [-0.2, -0.15) is 5.10 Å². The monoisotopic (exact) mass is 402 g/mol. The third-order valence-electron chi connectivity index (χ3n) is 5.52. The summed E-state index contributed by atoms with van der Waals surface area (Å²) in [7, 11) is 0. The minimum absolute atomic E-state index is 0.245. The number of nitrogens with one attached hydrogen (secondary N) is 2. The Hall–Kier alpha value is -3.41. The number of hydrogen-bond acceptors (Lipinski definition) is 3. The van der Waals surface area contributed by atoms with Gasteiger partial charge in [0.15, 0.2) is 0 Å². The summed E-state index contributed by atoms with van der Waals surface area (Å²) in [6, 6.07) is 20.3. The van der Waals surface area contributed by atoms with Crippen LogP contribution in [0.4, 0.5) is 5.69 Å². The zero-order valence-corrected chi connectivity index (χ0v) is 16.8. The van der Waals surface area contributed by atoms with Crippen molar-refractivity contribution in [1.29, 1.82) is 0 Å². The maximum Gasteiger partial charge on any atom is 0.270 e. The van der Waals surface area contributed by atoms with Crippen molar-refractivity contribution >= 4 is 17.5 Å². The number of carbonyl (C=O) groups excluding carboxylic acids is 2. The number of carbonyl (C=O) groups is 2. The summed E-state index contributed by atoms with van der Waals surface area (Å²) in [4.78, 5) is 26.1. The molecule has 1 fully saturated rings. The van der Waals surface area contributed by atoms with Crippen LogP contribution in [0.2, 0.25) is 0 Å². The topological polar surface area (TPSA) is 76.0 Å². The average molecular weight is 402 g/mol. The van der Waals surface area contributed by atoms with E-state index in [9.17, 15) is 9.59 Å². The van der Waals surface area contributed by atoms with Crippen molar-refractivity contribution in [1.82, 2.24) is 15.1 Å². The molecule has 4 rings (SSSR count). The highest BCUT2D eigenvalue weighted by Crippen LogP contribution is 2.29. The number of anilines is 1. The molecule has 1 aliphatic carbocycles. The summed E-state index contributed by atoms with van der Waals surface area (Å²) in [5, 5.41) is 10.2. The lowest BCUT2D eigenvalue weighted by atomic mass is 10.0. The molecule has 0 spiro atoms. The highest BCUT2D eigenvalue weighted by Gasteiger charge is 2.26. The molecule has 1 heterocycles. The molecule has 0 radical (unpaired) electrons. The van der Waals surface area contributed by atoms with E-state index in [-0.39, 0.29) is 17.9 Å². The lowest BCUT2D eigenvalue weighted by molar-refractivity contribution is -0.118. The highest BCUT2D eigenvalue weighted by molar-refractivity contribution is 6.00. The molecule has 2 amide bonds. The van der Waals surface area contributed by atoms with Crippen LogP contribution in [0.25, 0.3) is 0 Å².